The predicted octanol–water partition coefficient (Wildman–Crippen LogP) is 6.15. The number of aromatic nitrogens is 2. The fraction of sp³-hybridized carbons (Fsp3) is 0.417. The maximum Gasteiger partial charge on any atom is 0.356 e. The van der Waals surface area contributed by atoms with Gasteiger partial charge in [-0.3, -0.25) is 4.68 Å². The van der Waals surface area contributed by atoms with E-state index in [-0.39, 0.29) is 18.1 Å². The van der Waals surface area contributed by atoms with Gasteiger partial charge in [0.15, 0.2) is 0 Å². The van der Waals surface area contributed by atoms with Crippen molar-refractivity contribution in [3.8, 4) is 11.3 Å². The van der Waals surface area contributed by atoms with Crippen LogP contribution in [0, 0.1) is 0 Å². The van der Waals surface area contributed by atoms with Crippen LogP contribution in [0.1, 0.15) is 64.9 Å². The second-order valence-corrected chi connectivity index (χ2v) is 8.33. The van der Waals surface area contributed by atoms with Gasteiger partial charge in [-0.15, -0.1) is 0 Å². The molecule has 4 nitrogen and oxygen atoms in total. The largest absolute Gasteiger partial charge is 0.457 e. The summed E-state index contributed by atoms with van der Waals surface area (Å²) in [4.78, 5) is 12.7. The monoisotopic (exact) mass is 380 g/mol. The van der Waals surface area contributed by atoms with Gasteiger partial charge < -0.3 is 4.74 Å². The fourth-order valence-corrected chi connectivity index (χ4v) is 2.81. The van der Waals surface area contributed by atoms with Crippen LogP contribution in [0.5, 0.6) is 0 Å². The van der Waals surface area contributed by atoms with Crippen LogP contribution < -0.4 is 0 Å². The molecule has 2 aromatic rings. The Labute approximate surface area is 168 Å². The van der Waals surface area contributed by atoms with Crippen molar-refractivity contribution >= 4 is 5.97 Å². The summed E-state index contributed by atoms with van der Waals surface area (Å²) < 4.78 is 7.27. The quantitative estimate of drug-likeness (QED) is 0.427. The summed E-state index contributed by atoms with van der Waals surface area (Å²) in [5.41, 5.74) is 4.45. The van der Waals surface area contributed by atoms with Gasteiger partial charge in [-0.25, -0.2) is 4.79 Å². The molecule has 0 aliphatic carbocycles. The fourth-order valence-electron chi connectivity index (χ4n) is 2.81. The first-order valence-corrected chi connectivity index (χ1v) is 9.80. The summed E-state index contributed by atoms with van der Waals surface area (Å²) in [6, 6.07) is 11.7. The molecule has 28 heavy (non-hydrogen) atoms. The Kier molecular flexibility index (Phi) is 7.38. The van der Waals surface area contributed by atoms with E-state index in [2.05, 4.69) is 31.9 Å². The molecule has 4 heteroatoms. The van der Waals surface area contributed by atoms with Gasteiger partial charge in [0.05, 0.1) is 11.2 Å². The summed E-state index contributed by atoms with van der Waals surface area (Å²) in [5, 5.41) is 4.67. The van der Waals surface area contributed by atoms with Crippen LogP contribution in [0.2, 0.25) is 0 Å². The molecule has 1 aromatic heterocycles. The number of nitrogens with zero attached hydrogens (tertiary/aromatic N) is 2. The Morgan fingerprint density at radius 3 is 2.39 bits per heavy atom. The number of rotatable bonds is 7. The number of esters is 1. The number of allylic oxidation sites excluding steroid dienone is 3. The van der Waals surface area contributed by atoms with Crippen molar-refractivity contribution in [2.75, 3.05) is 6.61 Å². The summed E-state index contributed by atoms with van der Waals surface area (Å²) in [7, 11) is 0. The lowest BCUT2D eigenvalue weighted by molar-refractivity contribution is 0.0526. The van der Waals surface area contributed by atoms with E-state index in [4.69, 9.17) is 4.74 Å². The number of hydrogen-bond donors (Lipinski definition) is 0. The molecular formula is C24H32N2O2. The molecule has 0 N–H and O–H groups in total. The van der Waals surface area contributed by atoms with Crippen LogP contribution in [-0.4, -0.2) is 22.4 Å². The molecule has 0 atom stereocenters. The summed E-state index contributed by atoms with van der Waals surface area (Å²) >= 11 is 0. The third-order valence-electron chi connectivity index (χ3n) is 4.36. The second-order valence-electron chi connectivity index (χ2n) is 8.33. The van der Waals surface area contributed by atoms with Gasteiger partial charge in [0.1, 0.15) is 12.3 Å². The van der Waals surface area contributed by atoms with E-state index in [1.54, 1.807) is 4.68 Å². The van der Waals surface area contributed by atoms with E-state index in [1.807, 2.05) is 63.2 Å². The zero-order chi connectivity index (χ0) is 20.7. The van der Waals surface area contributed by atoms with Crippen molar-refractivity contribution in [1.82, 2.24) is 9.78 Å². The summed E-state index contributed by atoms with van der Waals surface area (Å²) in [5.74, 6) is -0.349. The molecule has 1 heterocycles. The van der Waals surface area contributed by atoms with Crippen LogP contribution in [-0.2, 0) is 10.3 Å². The van der Waals surface area contributed by atoms with Crippen molar-refractivity contribution in [3.05, 3.63) is 65.4 Å². The van der Waals surface area contributed by atoms with Crippen LogP contribution in [0.25, 0.3) is 11.3 Å². The van der Waals surface area contributed by atoms with Crippen LogP contribution in [0.4, 0.5) is 0 Å². The average molecular weight is 381 g/mol. The molecule has 0 aliphatic heterocycles. The topological polar surface area (TPSA) is 44.1 Å². The molecule has 1 aromatic carbocycles. The van der Waals surface area contributed by atoms with Gasteiger partial charge in [-0.1, -0.05) is 47.6 Å². The molecule has 0 bridgehead atoms. The second kappa shape index (κ2) is 9.54. The van der Waals surface area contributed by atoms with E-state index in [0.717, 1.165) is 24.1 Å². The molecule has 0 aliphatic rings. The number of carbonyl (C=O) groups excluding carboxylic acids is 1. The summed E-state index contributed by atoms with van der Waals surface area (Å²) in [6.07, 6.45) is 6.18. The molecule has 0 radical (unpaired) electrons. The van der Waals surface area contributed by atoms with Gasteiger partial charge in [0.2, 0.25) is 0 Å². The van der Waals surface area contributed by atoms with Gasteiger partial charge >= 0.3 is 5.97 Å². The highest BCUT2D eigenvalue weighted by molar-refractivity contribution is 5.89. The lowest BCUT2D eigenvalue weighted by Gasteiger charge is -2.21. The molecule has 2 rings (SSSR count). The van der Waals surface area contributed by atoms with E-state index < -0.39 is 0 Å². The minimum absolute atomic E-state index is 0.273. The van der Waals surface area contributed by atoms with E-state index in [9.17, 15) is 4.79 Å². The molecule has 0 spiro atoms. The lowest BCUT2D eigenvalue weighted by atomic mass is 10.1. The van der Waals surface area contributed by atoms with Crippen molar-refractivity contribution in [1.29, 1.82) is 0 Å². The minimum atomic E-state index is -0.349. The Balaban J connectivity index is 2.12. The van der Waals surface area contributed by atoms with E-state index in [1.165, 1.54) is 11.1 Å². The minimum Gasteiger partial charge on any atom is -0.457 e. The van der Waals surface area contributed by atoms with Gasteiger partial charge in [0.25, 0.3) is 0 Å². The van der Waals surface area contributed by atoms with Crippen molar-refractivity contribution in [2.24, 2.45) is 0 Å². The molecular weight excluding hydrogens is 348 g/mol. The van der Waals surface area contributed by atoms with Crippen LogP contribution >= 0.6 is 0 Å². The van der Waals surface area contributed by atoms with Crippen molar-refractivity contribution < 1.29 is 9.53 Å². The molecule has 0 fully saturated rings. The first-order valence-electron chi connectivity index (χ1n) is 9.80. The average Bonchev–Trinajstić information content (AvgIpc) is 3.08. The summed E-state index contributed by atoms with van der Waals surface area (Å²) in [6.45, 7) is 12.6. The maximum absolute atomic E-state index is 12.7. The van der Waals surface area contributed by atoms with Crippen LogP contribution in [0.15, 0.2) is 59.7 Å². The Hall–Kier alpha value is -2.62. The molecule has 0 unspecified atom stereocenters. The zero-order valence-electron chi connectivity index (χ0n) is 18.0. The lowest BCUT2D eigenvalue weighted by Crippen LogP contribution is -2.27. The highest BCUT2D eigenvalue weighted by Gasteiger charge is 2.25. The Bertz CT molecular complexity index is 848. The van der Waals surface area contributed by atoms with Crippen LogP contribution in [0.3, 0.4) is 0 Å². The SMILES string of the molecule is CC(C)=CCC/C(C)=C/COC(=O)c1cc(-c2ccccc2)nn1C(C)(C)C. The third-order valence-corrected chi connectivity index (χ3v) is 4.36. The standard InChI is InChI=1S/C24H32N2O2/c1-18(2)11-10-12-19(3)15-16-28-23(27)22-17-21(20-13-8-7-9-14-20)25-26(22)24(4,5)6/h7-9,11,13-15,17H,10,12,16H2,1-6H3/b19-15+. The number of carbonyl (C=O) groups is 1. The van der Waals surface area contributed by atoms with Gasteiger partial charge in [-0.2, -0.15) is 5.10 Å². The maximum atomic E-state index is 12.7. The normalized spacial score (nSPS) is 12.0. The molecule has 150 valence electrons. The first-order chi connectivity index (χ1) is 13.2. The first kappa shape index (κ1) is 21.7. The third kappa shape index (κ3) is 6.22. The predicted molar refractivity (Wildman–Crippen MR) is 115 cm³/mol. The number of ether oxygens (including phenoxy) is 1. The zero-order valence-corrected chi connectivity index (χ0v) is 18.0. The van der Waals surface area contributed by atoms with Gasteiger partial charge in [-0.05, 0) is 66.5 Å². The highest BCUT2D eigenvalue weighted by Crippen LogP contribution is 2.24. The number of benzene rings is 1. The molecule has 0 saturated carbocycles. The van der Waals surface area contributed by atoms with Gasteiger partial charge in [0, 0.05) is 5.56 Å². The molecule has 0 saturated heterocycles. The van der Waals surface area contributed by atoms with E-state index >= 15 is 0 Å². The number of hydrogen-bond acceptors (Lipinski definition) is 3. The Morgan fingerprint density at radius 2 is 1.79 bits per heavy atom. The van der Waals surface area contributed by atoms with E-state index in [0.29, 0.717) is 5.69 Å². The Morgan fingerprint density at radius 1 is 1.11 bits per heavy atom. The highest BCUT2D eigenvalue weighted by atomic mass is 16.5. The molecule has 0 amide bonds. The smallest absolute Gasteiger partial charge is 0.356 e. The van der Waals surface area contributed by atoms with Crippen molar-refractivity contribution in [2.45, 2.75) is 59.9 Å². The van der Waals surface area contributed by atoms with Crippen molar-refractivity contribution in [3.63, 3.8) is 0 Å².